The molecule has 0 heterocycles. The minimum atomic E-state index is 0.319. The Morgan fingerprint density at radius 2 is 2.04 bits per heavy atom. The Morgan fingerprint density at radius 3 is 2.72 bits per heavy atom. The highest BCUT2D eigenvalue weighted by Gasteiger charge is 2.20. The SMILES string of the molecule is COc1ccc(NC(N)=NCc2ccccc2OC2CCC2)cc1Cl. The van der Waals surface area contributed by atoms with Crippen molar-refractivity contribution in [1.82, 2.24) is 0 Å². The Labute approximate surface area is 152 Å². The van der Waals surface area contributed by atoms with Crippen molar-refractivity contribution in [2.75, 3.05) is 12.4 Å². The van der Waals surface area contributed by atoms with E-state index in [2.05, 4.69) is 10.3 Å². The molecule has 0 aliphatic heterocycles. The summed E-state index contributed by atoms with van der Waals surface area (Å²) in [7, 11) is 1.58. The van der Waals surface area contributed by atoms with Gasteiger partial charge < -0.3 is 20.5 Å². The van der Waals surface area contributed by atoms with E-state index in [-0.39, 0.29) is 0 Å². The van der Waals surface area contributed by atoms with E-state index in [1.807, 2.05) is 30.3 Å². The molecule has 1 aliphatic carbocycles. The fourth-order valence-corrected chi connectivity index (χ4v) is 2.78. The maximum Gasteiger partial charge on any atom is 0.193 e. The summed E-state index contributed by atoms with van der Waals surface area (Å²) in [5.41, 5.74) is 7.76. The number of ether oxygens (including phenoxy) is 2. The first-order valence-corrected chi connectivity index (χ1v) is 8.68. The summed E-state index contributed by atoms with van der Waals surface area (Å²) in [4.78, 5) is 4.40. The van der Waals surface area contributed by atoms with Gasteiger partial charge in [-0.1, -0.05) is 29.8 Å². The molecule has 1 fully saturated rings. The first-order valence-electron chi connectivity index (χ1n) is 8.31. The molecule has 3 N–H and O–H groups in total. The second-order valence-electron chi connectivity index (χ2n) is 5.95. The lowest BCUT2D eigenvalue weighted by Gasteiger charge is -2.27. The molecule has 3 rings (SSSR count). The van der Waals surface area contributed by atoms with Gasteiger partial charge in [0.2, 0.25) is 0 Å². The van der Waals surface area contributed by atoms with Crippen LogP contribution >= 0.6 is 11.6 Å². The van der Waals surface area contributed by atoms with Gasteiger partial charge >= 0.3 is 0 Å². The molecule has 0 amide bonds. The van der Waals surface area contributed by atoms with Crippen LogP contribution in [-0.4, -0.2) is 19.2 Å². The molecule has 0 bridgehead atoms. The molecule has 25 heavy (non-hydrogen) atoms. The average Bonchev–Trinajstić information content (AvgIpc) is 2.57. The molecule has 1 aliphatic rings. The van der Waals surface area contributed by atoms with Crippen molar-refractivity contribution in [2.45, 2.75) is 31.9 Å². The zero-order valence-corrected chi connectivity index (χ0v) is 14.9. The zero-order valence-electron chi connectivity index (χ0n) is 14.2. The topological polar surface area (TPSA) is 68.9 Å². The van der Waals surface area contributed by atoms with Gasteiger partial charge in [0.1, 0.15) is 11.5 Å². The number of anilines is 1. The number of benzene rings is 2. The van der Waals surface area contributed by atoms with Gasteiger partial charge in [0.05, 0.1) is 24.8 Å². The molecule has 0 atom stereocenters. The first-order chi connectivity index (χ1) is 12.2. The number of halogens is 1. The van der Waals surface area contributed by atoms with Gasteiger partial charge in [-0.2, -0.15) is 0 Å². The maximum absolute atomic E-state index is 6.11. The van der Waals surface area contributed by atoms with Crippen molar-refractivity contribution in [2.24, 2.45) is 10.7 Å². The molecular formula is C19H22ClN3O2. The third-order valence-electron chi connectivity index (χ3n) is 4.16. The van der Waals surface area contributed by atoms with Crippen molar-refractivity contribution in [3.8, 4) is 11.5 Å². The predicted octanol–water partition coefficient (Wildman–Crippen LogP) is 4.21. The molecule has 2 aromatic carbocycles. The Kier molecular flexibility index (Phi) is 5.66. The predicted molar refractivity (Wildman–Crippen MR) is 102 cm³/mol. The van der Waals surface area contributed by atoms with E-state index in [4.69, 9.17) is 26.8 Å². The van der Waals surface area contributed by atoms with Gasteiger partial charge in [-0.25, -0.2) is 4.99 Å². The lowest BCUT2D eigenvalue weighted by molar-refractivity contribution is 0.119. The Morgan fingerprint density at radius 1 is 1.24 bits per heavy atom. The number of guanidine groups is 1. The molecule has 0 spiro atoms. The molecular weight excluding hydrogens is 338 g/mol. The largest absolute Gasteiger partial charge is 0.495 e. The molecule has 0 radical (unpaired) electrons. The summed E-state index contributed by atoms with van der Waals surface area (Å²) in [5.74, 6) is 1.82. The number of para-hydroxylation sites is 1. The monoisotopic (exact) mass is 359 g/mol. The zero-order chi connectivity index (χ0) is 17.6. The number of methoxy groups -OCH3 is 1. The molecule has 0 saturated heterocycles. The third-order valence-corrected chi connectivity index (χ3v) is 4.46. The number of nitrogens with two attached hydrogens (primary N) is 1. The van der Waals surface area contributed by atoms with Crippen LogP contribution in [0.25, 0.3) is 0 Å². The van der Waals surface area contributed by atoms with Gasteiger partial charge in [-0.3, -0.25) is 0 Å². The van der Waals surface area contributed by atoms with Crippen molar-refractivity contribution in [1.29, 1.82) is 0 Å². The molecule has 2 aromatic rings. The Balaban J connectivity index is 1.64. The quantitative estimate of drug-likeness (QED) is 0.599. The number of nitrogens with zero attached hydrogens (tertiary/aromatic N) is 1. The van der Waals surface area contributed by atoms with Crippen molar-refractivity contribution >= 4 is 23.2 Å². The molecule has 6 heteroatoms. The van der Waals surface area contributed by atoms with Gasteiger partial charge in [-0.15, -0.1) is 0 Å². The van der Waals surface area contributed by atoms with Crippen LogP contribution in [0, 0.1) is 0 Å². The number of hydrogen-bond donors (Lipinski definition) is 2. The average molecular weight is 360 g/mol. The smallest absolute Gasteiger partial charge is 0.193 e. The molecule has 0 aromatic heterocycles. The van der Waals surface area contributed by atoms with Crippen LogP contribution in [-0.2, 0) is 6.54 Å². The second-order valence-corrected chi connectivity index (χ2v) is 6.36. The Hall–Kier alpha value is -2.40. The standard InChI is InChI=1S/C19H22ClN3O2/c1-24-18-10-9-14(11-16(18)20)23-19(21)22-12-13-5-2-3-8-17(13)25-15-6-4-7-15/h2-3,5,8-11,15H,4,6-7,12H2,1H3,(H3,21,22,23). The van der Waals surface area contributed by atoms with Gasteiger partial charge in [0, 0.05) is 11.3 Å². The minimum Gasteiger partial charge on any atom is -0.495 e. The lowest BCUT2D eigenvalue weighted by Crippen LogP contribution is -2.25. The van der Waals surface area contributed by atoms with Crippen LogP contribution in [0.1, 0.15) is 24.8 Å². The summed E-state index contributed by atoms with van der Waals surface area (Å²) in [5, 5.41) is 3.55. The Bertz CT molecular complexity index is 760. The van der Waals surface area contributed by atoms with E-state index in [9.17, 15) is 0 Å². The number of hydrogen-bond acceptors (Lipinski definition) is 3. The fraction of sp³-hybridized carbons (Fsp3) is 0.316. The van der Waals surface area contributed by atoms with E-state index in [1.165, 1.54) is 6.42 Å². The van der Waals surface area contributed by atoms with Crippen LogP contribution in [0.15, 0.2) is 47.5 Å². The van der Waals surface area contributed by atoms with Gasteiger partial charge in [-0.05, 0) is 43.5 Å². The highest BCUT2D eigenvalue weighted by molar-refractivity contribution is 6.32. The van der Waals surface area contributed by atoms with E-state index in [1.54, 1.807) is 19.2 Å². The summed E-state index contributed by atoms with van der Waals surface area (Å²) >= 11 is 6.11. The molecule has 132 valence electrons. The lowest BCUT2D eigenvalue weighted by atomic mass is 9.96. The van der Waals surface area contributed by atoms with Gasteiger partial charge in [0.15, 0.2) is 5.96 Å². The highest BCUT2D eigenvalue weighted by Crippen LogP contribution is 2.28. The maximum atomic E-state index is 6.11. The van der Waals surface area contributed by atoms with Crippen molar-refractivity contribution in [3.05, 3.63) is 53.1 Å². The summed E-state index contributed by atoms with van der Waals surface area (Å²) < 4.78 is 11.1. The summed E-state index contributed by atoms with van der Waals surface area (Å²) in [6, 6.07) is 13.3. The van der Waals surface area contributed by atoms with Crippen LogP contribution in [0.5, 0.6) is 11.5 Å². The van der Waals surface area contributed by atoms with Crippen molar-refractivity contribution in [3.63, 3.8) is 0 Å². The summed E-state index contributed by atoms with van der Waals surface area (Å²) in [6.07, 6.45) is 3.83. The van der Waals surface area contributed by atoms with Crippen LogP contribution in [0.3, 0.4) is 0 Å². The fourth-order valence-electron chi connectivity index (χ4n) is 2.52. The van der Waals surface area contributed by atoms with Crippen molar-refractivity contribution < 1.29 is 9.47 Å². The van der Waals surface area contributed by atoms with E-state index in [0.717, 1.165) is 29.8 Å². The molecule has 0 unspecified atom stereocenters. The van der Waals surface area contributed by atoms with Crippen LogP contribution in [0.2, 0.25) is 5.02 Å². The number of aliphatic imine (C=N–C) groups is 1. The molecule has 5 nitrogen and oxygen atoms in total. The first kappa shape index (κ1) is 17.4. The second kappa shape index (κ2) is 8.12. The van der Waals surface area contributed by atoms with E-state index < -0.39 is 0 Å². The number of nitrogens with one attached hydrogen (secondary N) is 1. The van der Waals surface area contributed by atoms with Crippen LogP contribution in [0.4, 0.5) is 5.69 Å². The van der Waals surface area contributed by atoms with E-state index >= 15 is 0 Å². The highest BCUT2D eigenvalue weighted by atomic mass is 35.5. The normalized spacial score (nSPS) is 14.7. The van der Waals surface area contributed by atoms with Gasteiger partial charge in [0.25, 0.3) is 0 Å². The van der Waals surface area contributed by atoms with Crippen LogP contribution < -0.4 is 20.5 Å². The minimum absolute atomic E-state index is 0.319. The molecule has 1 saturated carbocycles. The van der Waals surface area contributed by atoms with E-state index in [0.29, 0.717) is 29.4 Å². The third kappa shape index (κ3) is 4.57. The summed E-state index contributed by atoms with van der Waals surface area (Å²) in [6.45, 7) is 0.450. The number of rotatable bonds is 6.